The summed E-state index contributed by atoms with van der Waals surface area (Å²) in [6, 6.07) is 5.36. The molecule has 2 aromatic carbocycles. The van der Waals surface area contributed by atoms with E-state index in [-0.39, 0.29) is 29.4 Å². The van der Waals surface area contributed by atoms with Crippen LogP contribution in [0.25, 0.3) is 11.1 Å². The standard InChI is InChI=1S/C26H30F4O/c1-3-5-6-7-16-31-22-15-14-21(25(29)26(22)30)20-13-12-19(23(27)24(20)28)18-10-8-17(4-2)9-11-18/h4,12-15,17-18H,2-3,5-11,16H2,1H3. The molecule has 2 aromatic rings. The Kier molecular flexibility index (Phi) is 8.16. The first-order valence-electron chi connectivity index (χ1n) is 11.2. The summed E-state index contributed by atoms with van der Waals surface area (Å²) in [5.74, 6) is -4.42. The number of hydrogen-bond acceptors (Lipinski definition) is 1. The molecule has 31 heavy (non-hydrogen) atoms. The van der Waals surface area contributed by atoms with Crippen LogP contribution in [0.1, 0.15) is 69.8 Å². The third-order valence-corrected chi connectivity index (χ3v) is 6.25. The molecule has 168 valence electrons. The largest absolute Gasteiger partial charge is 0.490 e. The maximum atomic E-state index is 14.9. The summed E-state index contributed by atoms with van der Waals surface area (Å²) in [5, 5.41) is 0. The summed E-state index contributed by atoms with van der Waals surface area (Å²) in [6.07, 6.45) is 8.99. The number of ether oxygens (including phenoxy) is 1. The molecule has 0 heterocycles. The molecular formula is C26H30F4O. The Morgan fingerprint density at radius 1 is 0.839 bits per heavy atom. The molecule has 5 heteroatoms. The third-order valence-electron chi connectivity index (χ3n) is 6.25. The van der Waals surface area contributed by atoms with Gasteiger partial charge in [0.1, 0.15) is 0 Å². The van der Waals surface area contributed by atoms with Gasteiger partial charge < -0.3 is 4.74 Å². The lowest BCUT2D eigenvalue weighted by Crippen LogP contribution is -2.13. The van der Waals surface area contributed by atoms with Crippen LogP contribution in [-0.4, -0.2) is 6.61 Å². The van der Waals surface area contributed by atoms with Crippen LogP contribution in [0, 0.1) is 29.2 Å². The number of unbranched alkanes of at least 4 members (excludes halogenated alkanes) is 3. The van der Waals surface area contributed by atoms with E-state index in [1.165, 1.54) is 24.3 Å². The van der Waals surface area contributed by atoms with Gasteiger partial charge in [-0.2, -0.15) is 4.39 Å². The van der Waals surface area contributed by atoms with Crippen LogP contribution in [0.2, 0.25) is 0 Å². The van der Waals surface area contributed by atoms with Crippen LogP contribution in [0.15, 0.2) is 36.9 Å². The van der Waals surface area contributed by atoms with Crippen molar-refractivity contribution in [2.45, 2.75) is 64.2 Å². The van der Waals surface area contributed by atoms with Crippen LogP contribution >= 0.6 is 0 Å². The fraction of sp³-hybridized carbons (Fsp3) is 0.462. The average molecular weight is 435 g/mol. The zero-order valence-electron chi connectivity index (χ0n) is 18.0. The molecule has 0 unspecified atom stereocenters. The summed E-state index contributed by atoms with van der Waals surface area (Å²) in [4.78, 5) is 0. The fourth-order valence-electron chi connectivity index (χ4n) is 4.32. The zero-order valence-corrected chi connectivity index (χ0v) is 18.0. The Morgan fingerprint density at radius 2 is 1.48 bits per heavy atom. The molecule has 1 fully saturated rings. The van der Waals surface area contributed by atoms with Crippen LogP contribution in [0.5, 0.6) is 5.75 Å². The van der Waals surface area contributed by atoms with Crippen LogP contribution in [0.3, 0.4) is 0 Å². The SMILES string of the molecule is C=CC1CCC(c2ccc(-c3ccc(OCCCCCC)c(F)c3F)c(F)c2F)CC1. The van der Waals surface area contributed by atoms with E-state index < -0.39 is 23.3 Å². The summed E-state index contributed by atoms with van der Waals surface area (Å²) in [6.45, 7) is 6.16. The first-order chi connectivity index (χ1) is 15.0. The lowest BCUT2D eigenvalue weighted by Gasteiger charge is -2.27. The van der Waals surface area contributed by atoms with Gasteiger partial charge in [0, 0.05) is 11.1 Å². The van der Waals surface area contributed by atoms with Crippen molar-refractivity contribution in [2.75, 3.05) is 6.61 Å². The molecule has 3 rings (SSSR count). The predicted octanol–water partition coefficient (Wildman–Crippen LogP) is 8.33. The van der Waals surface area contributed by atoms with Crippen molar-refractivity contribution >= 4 is 0 Å². The lowest BCUT2D eigenvalue weighted by atomic mass is 9.78. The Labute approximate surface area is 182 Å². The monoisotopic (exact) mass is 434 g/mol. The van der Waals surface area contributed by atoms with E-state index in [9.17, 15) is 17.6 Å². The van der Waals surface area contributed by atoms with E-state index in [2.05, 4.69) is 13.5 Å². The third kappa shape index (κ3) is 5.31. The summed E-state index contributed by atoms with van der Waals surface area (Å²) in [7, 11) is 0. The lowest BCUT2D eigenvalue weighted by molar-refractivity contribution is 0.285. The van der Waals surface area contributed by atoms with E-state index in [1.54, 1.807) is 0 Å². The highest BCUT2D eigenvalue weighted by molar-refractivity contribution is 5.66. The molecule has 1 saturated carbocycles. The van der Waals surface area contributed by atoms with E-state index in [1.807, 2.05) is 6.08 Å². The topological polar surface area (TPSA) is 9.23 Å². The predicted molar refractivity (Wildman–Crippen MR) is 116 cm³/mol. The van der Waals surface area contributed by atoms with E-state index in [0.717, 1.165) is 51.4 Å². The minimum atomic E-state index is -1.23. The number of halogens is 4. The fourth-order valence-corrected chi connectivity index (χ4v) is 4.32. The van der Waals surface area contributed by atoms with E-state index in [4.69, 9.17) is 4.74 Å². The second-order valence-corrected chi connectivity index (χ2v) is 8.33. The summed E-state index contributed by atoms with van der Waals surface area (Å²) in [5.41, 5.74) is -0.294. The zero-order chi connectivity index (χ0) is 22.4. The number of hydrogen-bond donors (Lipinski definition) is 0. The molecule has 0 aromatic heterocycles. The molecule has 0 aliphatic heterocycles. The highest BCUT2D eigenvalue weighted by atomic mass is 19.2. The normalized spacial score (nSPS) is 18.7. The van der Waals surface area contributed by atoms with Gasteiger partial charge in [-0.3, -0.25) is 0 Å². The van der Waals surface area contributed by atoms with Crippen molar-refractivity contribution in [1.29, 1.82) is 0 Å². The average Bonchev–Trinajstić information content (AvgIpc) is 2.79. The minimum Gasteiger partial charge on any atom is -0.490 e. The van der Waals surface area contributed by atoms with Gasteiger partial charge in [0.25, 0.3) is 0 Å². The molecule has 0 radical (unpaired) electrons. The molecular weight excluding hydrogens is 404 g/mol. The van der Waals surface area contributed by atoms with Crippen LogP contribution < -0.4 is 4.74 Å². The highest BCUT2D eigenvalue weighted by Crippen LogP contribution is 2.40. The molecule has 1 aliphatic rings. The van der Waals surface area contributed by atoms with Gasteiger partial charge >= 0.3 is 0 Å². The van der Waals surface area contributed by atoms with Crippen molar-refractivity contribution in [1.82, 2.24) is 0 Å². The van der Waals surface area contributed by atoms with Gasteiger partial charge in [0.05, 0.1) is 6.61 Å². The van der Waals surface area contributed by atoms with Crippen LogP contribution in [0.4, 0.5) is 17.6 Å². The molecule has 0 amide bonds. The van der Waals surface area contributed by atoms with Crippen molar-refractivity contribution < 1.29 is 22.3 Å². The Bertz CT molecular complexity index is 901. The molecule has 0 spiro atoms. The second kappa shape index (κ2) is 10.8. The van der Waals surface area contributed by atoms with E-state index >= 15 is 0 Å². The quantitative estimate of drug-likeness (QED) is 0.219. The number of allylic oxidation sites excluding steroid dienone is 1. The molecule has 0 bridgehead atoms. The second-order valence-electron chi connectivity index (χ2n) is 8.33. The number of benzene rings is 2. The minimum absolute atomic E-state index is 0.0789. The molecule has 1 nitrogen and oxygen atoms in total. The van der Waals surface area contributed by atoms with Crippen molar-refractivity contribution in [3.05, 3.63) is 65.8 Å². The maximum absolute atomic E-state index is 14.9. The highest BCUT2D eigenvalue weighted by Gasteiger charge is 2.27. The Balaban J connectivity index is 1.79. The molecule has 0 N–H and O–H groups in total. The molecule has 1 aliphatic carbocycles. The Morgan fingerprint density at radius 3 is 2.13 bits per heavy atom. The van der Waals surface area contributed by atoms with Gasteiger partial charge in [-0.1, -0.05) is 44.4 Å². The first-order valence-corrected chi connectivity index (χ1v) is 11.2. The van der Waals surface area contributed by atoms with Crippen molar-refractivity contribution in [3.63, 3.8) is 0 Å². The van der Waals surface area contributed by atoms with Gasteiger partial charge in [-0.05, 0) is 61.6 Å². The van der Waals surface area contributed by atoms with Crippen LogP contribution in [-0.2, 0) is 0 Å². The first kappa shape index (κ1) is 23.4. The van der Waals surface area contributed by atoms with Gasteiger partial charge in [0.2, 0.25) is 5.82 Å². The Hall–Kier alpha value is -2.30. The number of rotatable bonds is 9. The summed E-state index contributed by atoms with van der Waals surface area (Å²) >= 11 is 0. The van der Waals surface area contributed by atoms with E-state index in [0.29, 0.717) is 11.5 Å². The van der Waals surface area contributed by atoms with Gasteiger partial charge in [-0.15, -0.1) is 6.58 Å². The summed E-state index contributed by atoms with van der Waals surface area (Å²) < 4.78 is 64.2. The van der Waals surface area contributed by atoms with Crippen molar-refractivity contribution in [3.8, 4) is 16.9 Å². The molecule has 0 atom stereocenters. The molecule has 0 saturated heterocycles. The maximum Gasteiger partial charge on any atom is 0.201 e. The van der Waals surface area contributed by atoms with Gasteiger partial charge in [-0.25, -0.2) is 13.2 Å². The van der Waals surface area contributed by atoms with Crippen molar-refractivity contribution in [2.24, 2.45) is 5.92 Å². The van der Waals surface area contributed by atoms with Gasteiger partial charge in [0.15, 0.2) is 23.2 Å². The smallest absolute Gasteiger partial charge is 0.201 e.